The summed E-state index contributed by atoms with van der Waals surface area (Å²) in [5.41, 5.74) is 2.30. The van der Waals surface area contributed by atoms with Gasteiger partial charge in [-0.1, -0.05) is 47.6 Å². The predicted molar refractivity (Wildman–Crippen MR) is 86.4 cm³/mol. The van der Waals surface area contributed by atoms with E-state index in [0.29, 0.717) is 23.7 Å². The Balaban J connectivity index is 1.71. The van der Waals surface area contributed by atoms with Gasteiger partial charge in [0.15, 0.2) is 0 Å². The van der Waals surface area contributed by atoms with E-state index in [4.69, 9.17) is 9.26 Å². The predicted octanol–water partition coefficient (Wildman–Crippen LogP) is 3.81. The lowest BCUT2D eigenvalue weighted by Crippen LogP contribution is -2.12. The minimum absolute atomic E-state index is 0.167. The van der Waals surface area contributed by atoms with Crippen molar-refractivity contribution in [3.63, 3.8) is 0 Å². The molecule has 3 aromatic rings. The minimum atomic E-state index is -0.360. The molecule has 0 radical (unpaired) electrons. The van der Waals surface area contributed by atoms with Crippen LogP contribution in [-0.2, 0) is 6.61 Å². The molecular formula is C18H16N2O3. The van der Waals surface area contributed by atoms with Gasteiger partial charge in [-0.2, -0.15) is 0 Å². The first-order chi connectivity index (χ1) is 11.2. The monoisotopic (exact) mass is 308 g/mol. The molecule has 0 unspecified atom stereocenters. The Morgan fingerprint density at radius 1 is 1.13 bits per heavy atom. The van der Waals surface area contributed by atoms with Gasteiger partial charge in [0.25, 0.3) is 5.91 Å². The molecule has 116 valence electrons. The molecule has 1 N–H and O–H groups in total. The third kappa shape index (κ3) is 3.77. The van der Waals surface area contributed by atoms with E-state index in [1.54, 1.807) is 19.1 Å². The number of hydrogen-bond donors (Lipinski definition) is 1. The third-order valence-corrected chi connectivity index (χ3v) is 3.22. The van der Waals surface area contributed by atoms with Gasteiger partial charge in [-0.3, -0.25) is 4.79 Å². The van der Waals surface area contributed by atoms with Gasteiger partial charge in [0.05, 0.1) is 11.4 Å². The van der Waals surface area contributed by atoms with Crippen molar-refractivity contribution in [2.24, 2.45) is 0 Å². The molecule has 3 rings (SSSR count). The van der Waals surface area contributed by atoms with E-state index in [2.05, 4.69) is 10.5 Å². The quantitative estimate of drug-likeness (QED) is 0.778. The number of carbonyl (C=O) groups excluding carboxylic acids is 1. The second kappa shape index (κ2) is 6.79. The van der Waals surface area contributed by atoms with Crippen molar-refractivity contribution in [2.45, 2.75) is 13.5 Å². The highest BCUT2D eigenvalue weighted by Crippen LogP contribution is 2.25. The fourth-order valence-corrected chi connectivity index (χ4v) is 2.09. The van der Waals surface area contributed by atoms with Crippen molar-refractivity contribution in [3.8, 4) is 5.75 Å². The van der Waals surface area contributed by atoms with Crippen LogP contribution in [0.4, 0.5) is 5.69 Å². The van der Waals surface area contributed by atoms with Crippen LogP contribution in [0.15, 0.2) is 65.2 Å². The average molecular weight is 308 g/mol. The highest BCUT2D eigenvalue weighted by molar-refractivity contribution is 6.03. The lowest BCUT2D eigenvalue weighted by Gasteiger charge is -2.11. The Hall–Kier alpha value is -3.08. The number of benzene rings is 2. The normalized spacial score (nSPS) is 10.3. The van der Waals surface area contributed by atoms with E-state index in [-0.39, 0.29) is 11.7 Å². The van der Waals surface area contributed by atoms with Crippen LogP contribution in [0, 0.1) is 6.92 Å². The standard InChI is InChI=1S/C18H16N2O3/c1-13-11-17(23-20-13)18(21)19-15-9-5-6-10-16(15)22-12-14-7-3-2-4-8-14/h2-11H,12H2,1H3,(H,19,21). The van der Waals surface area contributed by atoms with Crippen LogP contribution in [-0.4, -0.2) is 11.1 Å². The van der Waals surface area contributed by atoms with Gasteiger partial charge < -0.3 is 14.6 Å². The molecule has 0 saturated carbocycles. The zero-order valence-electron chi connectivity index (χ0n) is 12.7. The van der Waals surface area contributed by atoms with E-state index in [9.17, 15) is 4.79 Å². The second-order valence-corrected chi connectivity index (χ2v) is 5.06. The van der Waals surface area contributed by atoms with Crippen LogP contribution in [0.5, 0.6) is 5.75 Å². The zero-order valence-corrected chi connectivity index (χ0v) is 12.7. The number of nitrogens with one attached hydrogen (secondary N) is 1. The van der Waals surface area contributed by atoms with Crippen molar-refractivity contribution < 1.29 is 14.1 Å². The van der Waals surface area contributed by atoms with Crippen LogP contribution >= 0.6 is 0 Å². The fraction of sp³-hybridized carbons (Fsp3) is 0.111. The molecule has 5 nitrogen and oxygen atoms in total. The van der Waals surface area contributed by atoms with Gasteiger partial charge in [0.2, 0.25) is 5.76 Å². The number of ether oxygens (including phenoxy) is 1. The number of rotatable bonds is 5. The van der Waals surface area contributed by atoms with Crippen LogP contribution in [0.2, 0.25) is 0 Å². The maximum Gasteiger partial charge on any atom is 0.294 e. The molecule has 5 heteroatoms. The first-order valence-corrected chi connectivity index (χ1v) is 7.23. The van der Waals surface area contributed by atoms with Crippen molar-refractivity contribution >= 4 is 11.6 Å². The van der Waals surface area contributed by atoms with Gasteiger partial charge in [0.1, 0.15) is 12.4 Å². The summed E-state index contributed by atoms with van der Waals surface area (Å²) in [7, 11) is 0. The Labute approximate surface area is 133 Å². The number of aryl methyl sites for hydroxylation is 1. The molecule has 0 aliphatic heterocycles. The van der Waals surface area contributed by atoms with Crippen LogP contribution in [0.1, 0.15) is 21.8 Å². The van der Waals surface area contributed by atoms with Crippen LogP contribution in [0.3, 0.4) is 0 Å². The Morgan fingerprint density at radius 2 is 1.87 bits per heavy atom. The van der Waals surface area contributed by atoms with Crippen molar-refractivity contribution in [1.29, 1.82) is 0 Å². The minimum Gasteiger partial charge on any atom is -0.487 e. The van der Waals surface area contributed by atoms with Gasteiger partial charge in [-0.05, 0) is 24.6 Å². The Bertz CT molecular complexity index is 797. The first-order valence-electron chi connectivity index (χ1n) is 7.23. The van der Waals surface area contributed by atoms with E-state index < -0.39 is 0 Å². The smallest absolute Gasteiger partial charge is 0.294 e. The summed E-state index contributed by atoms with van der Waals surface area (Å²) >= 11 is 0. The maximum absolute atomic E-state index is 12.2. The number of hydrogen-bond acceptors (Lipinski definition) is 4. The number of carbonyl (C=O) groups is 1. The summed E-state index contributed by atoms with van der Waals surface area (Å²) in [6.45, 7) is 2.19. The van der Waals surface area contributed by atoms with Crippen LogP contribution in [0.25, 0.3) is 0 Å². The molecule has 0 spiro atoms. The van der Waals surface area contributed by atoms with E-state index in [1.165, 1.54) is 0 Å². The molecular weight excluding hydrogens is 292 g/mol. The first kappa shape index (κ1) is 14.8. The highest BCUT2D eigenvalue weighted by Gasteiger charge is 2.14. The molecule has 2 aromatic carbocycles. The number of amides is 1. The average Bonchev–Trinajstić information content (AvgIpc) is 3.02. The molecule has 0 aliphatic rings. The van der Waals surface area contributed by atoms with Gasteiger partial charge in [0, 0.05) is 6.07 Å². The summed E-state index contributed by atoms with van der Waals surface area (Å²) in [5.74, 6) is 0.405. The molecule has 0 atom stereocenters. The van der Waals surface area contributed by atoms with Gasteiger partial charge >= 0.3 is 0 Å². The van der Waals surface area contributed by atoms with Gasteiger partial charge in [-0.25, -0.2) is 0 Å². The summed E-state index contributed by atoms with van der Waals surface area (Å²) in [6.07, 6.45) is 0. The largest absolute Gasteiger partial charge is 0.487 e. The van der Waals surface area contributed by atoms with Gasteiger partial charge in [-0.15, -0.1) is 0 Å². The van der Waals surface area contributed by atoms with Crippen molar-refractivity contribution in [3.05, 3.63) is 77.7 Å². The molecule has 0 fully saturated rings. The number of para-hydroxylation sites is 2. The van der Waals surface area contributed by atoms with E-state index in [1.807, 2.05) is 48.5 Å². The summed E-state index contributed by atoms with van der Waals surface area (Å²) in [5, 5.41) is 6.49. The van der Waals surface area contributed by atoms with Crippen molar-refractivity contribution in [2.75, 3.05) is 5.32 Å². The second-order valence-electron chi connectivity index (χ2n) is 5.06. The lowest BCUT2D eigenvalue weighted by atomic mass is 10.2. The van der Waals surface area contributed by atoms with Crippen molar-refractivity contribution in [1.82, 2.24) is 5.16 Å². The fourth-order valence-electron chi connectivity index (χ4n) is 2.09. The van der Waals surface area contributed by atoms with E-state index in [0.717, 1.165) is 5.56 Å². The Kier molecular flexibility index (Phi) is 4.38. The van der Waals surface area contributed by atoms with E-state index >= 15 is 0 Å². The molecule has 0 bridgehead atoms. The molecule has 1 aromatic heterocycles. The number of anilines is 1. The molecule has 1 amide bonds. The molecule has 23 heavy (non-hydrogen) atoms. The lowest BCUT2D eigenvalue weighted by molar-refractivity contribution is 0.0987. The SMILES string of the molecule is Cc1cc(C(=O)Nc2ccccc2OCc2ccccc2)on1. The maximum atomic E-state index is 12.2. The summed E-state index contributed by atoms with van der Waals surface area (Å²) in [4.78, 5) is 12.2. The molecule has 1 heterocycles. The highest BCUT2D eigenvalue weighted by atomic mass is 16.5. The Morgan fingerprint density at radius 3 is 2.61 bits per heavy atom. The topological polar surface area (TPSA) is 64.4 Å². The summed E-state index contributed by atoms with van der Waals surface area (Å²) in [6, 6.07) is 18.7. The number of aromatic nitrogens is 1. The zero-order chi connectivity index (χ0) is 16.1. The number of nitrogens with zero attached hydrogens (tertiary/aromatic N) is 1. The summed E-state index contributed by atoms with van der Waals surface area (Å²) < 4.78 is 10.8. The third-order valence-electron chi connectivity index (χ3n) is 3.22. The van der Waals surface area contributed by atoms with Crippen LogP contribution < -0.4 is 10.1 Å². The molecule has 0 aliphatic carbocycles. The molecule has 0 saturated heterocycles.